The Bertz CT molecular complexity index is 613. The van der Waals surface area contributed by atoms with Crippen molar-refractivity contribution in [1.82, 2.24) is 0 Å². The van der Waals surface area contributed by atoms with Crippen LogP contribution in [0.2, 0.25) is 5.02 Å². The summed E-state index contributed by atoms with van der Waals surface area (Å²) in [6, 6.07) is 12.8. The number of para-hydroxylation sites is 1. The fourth-order valence-electron chi connectivity index (χ4n) is 1.83. The zero-order chi connectivity index (χ0) is 13.8. The first-order valence-electron chi connectivity index (χ1n) is 5.99. The number of rotatable bonds is 3. The third-order valence-corrected chi connectivity index (χ3v) is 3.45. The summed E-state index contributed by atoms with van der Waals surface area (Å²) < 4.78 is 0. The van der Waals surface area contributed by atoms with Gasteiger partial charge in [-0.15, -0.1) is 12.6 Å². The first kappa shape index (κ1) is 14.0. The van der Waals surface area contributed by atoms with Gasteiger partial charge in [0.25, 0.3) is 5.91 Å². The number of hydrogen-bond acceptors (Lipinski definition) is 2. The average molecular weight is 292 g/mol. The lowest BCUT2D eigenvalue weighted by Crippen LogP contribution is -2.13. The zero-order valence-electron chi connectivity index (χ0n) is 10.5. The van der Waals surface area contributed by atoms with Crippen LogP contribution in [-0.2, 0) is 6.42 Å². The number of carbonyl (C=O) groups excluding carboxylic acids is 1. The lowest BCUT2D eigenvalue weighted by atomic mass is 10.1. The third kappa shape index (κ3) is 3.31. The highest BCUT2D eigenvalue weighted by Crippen LogP contribution is 2.22. The normalized spacial score (nSPS) is 10.3. The summed E-state index contributed by atoms with van der Waals surface area (Å²) in [4.78, 5) is 12.9. The number of halogens is 1. The Kier molecular flexibility index (Phi) is 4.51. The summed E-state index contributed by atoms with van der Waals surface area (Å²) >= 11 is 10.3. The van der Waals surface area contributed by atoms with Crippen molar-refractivity contribution in [1.29, 1.82) is 0 Å². The minimum Gasteiger partial charge on any atom is -0.322 e. The molecule has 0 aliphatic carbocycles. The molecule has 19 heavy (non-hydrogen) atoms. The molecule has 4 heteroatoms. The third-order valence-electron chi connectivity index (χ3n) is 2.84. The maximum Gasteiger partial charge on any atom is 0.257 e. The van der Waals surface area contributed by atoms with Crippen molar-refractivity contribution in [3.8, 4) is 0 Å². The fraction of sp³-hybridized carbons (Fsp3) is 0.133. The van der Waals surface area contributed by atoms with Gasteiger partial charge in [0.05, 0.1) is 10.6 Å². The van der Waals surface area contributed by atoms with Gasteiger partial charge >= 0.3 is 0 Å². The second-order valence-electron chi connectivity index (χ2n) is 4.13. The van der Waals surface area contributed by atoms with Crippen LogP contribution in [0, 0.1) is 0 Å². The monoisotopic (exact) mass is 291 g/mol. The van der Waals surface area contributed by atoms with E-state index in [1.807, 2.05) is 31.2 Å². The van der Waals surface area contributed by atoms with Gasteiger partial charge in [0.1, 0.15) is 0 Å². The maximum absolute atomic E-state index is 12.2. The van der Waals surface area contributed by atoms with E-state index in [4.69, 9.17) is 11.6 Å². The molecule has 0 atom stereocenters. The molecule has 0 spiro atoms. The summed E-state index contributed by atoms with van der Waals surface area (Å²) in [5.74, 6) is -0.221. The standard InChI is InChI=1S/C15H14ClNOS/c1-2-10-5-3-4-6-14(10)17-15(18)12-9-11(19)7-8-13(12)16/h3-9,19H,2H2,1H3,(H,17,18). The highest BCUT2D eigenvalue weighted by Gasteiger charge is 2.12. The molecule has 0 fully saturated rings. The Balaban J connectivity index is 2.28. The summed E-state index contributed by atoms with van der Waals surface area (Å²) in [7, 11) is 0. The van der Waals surface area contributed by atoms with E-state index in [2.05, 4.69) is 17.9 Å². The largest absolute Gasteiger partial charge is 0.322 e. The number of benzene rings is 2. The molecule has 1 N–H and O–H groups in total. The average Bonchev–Trinajstić information content (AvgIpc) is 2.42. The van der Waals surface area contributed by atoms with Crippen LogP contribution in [0.25, 0.3) is 0 Å². The molecule has 0 aliphatic heterocycles. The van der Waals surface area contributed by atoms with E-state index in [-0.39, 0.29) is 5.91 Å². The van der Waals surface area contributed by atoms with Crippen molar-refractivity contribution in [2.75, 3.05) is 5.32 Å². The second kappa shape index (κ2) is 6.13. The van der Waals surface area contributed by atoms with Crippen molar-refractivity contribution < 1.29 is 4.79 Å². The molecule has 0 aromatic heterocycles. The first-order chi connectivity index (χ1) is 9.11. The van der Waals surface area contributed by atoms with Gasteiger partial charge in [-0.05, 0) is 36.2 Å². The van der Waals surface area contributed by atoms with Crippen LogP contribution in [0.3, 0.4) is 0 Å². The number of carbonyl (C=O) groups is 1. The van der Waals surface area contributed by atoms with E-state index in [0.29, 0.717) is 15.5 Å². The molecule has 0 aliphatic rings. The molecular weight excluding hydrogens is 278 g/mol. The number of hydrogen-bond donors (Lipinski definition) is 2. The van der Waals surface area contributed by atoms with Crippen LogP contribution in [0.1, 0.15) is 22.8 Å². The fourth-order valence-corrected chi connectivity index (χ4v) is 2.23. The Labute approximate surface area is 123 Å². The number of aryl methyl sites for hydroxylation is 1. The molecule has 1 amide bonds. The highest BCUT2D eigenvalue weighted by molar-refractivity contribution is 7.80. The van der Waals surface area contributed by atoms with Gasteiger partial charge in [-0.25, -0.2) is 0 Å². The SMILES string of the molecule is CCc1ccccc1NC(=O)c1cc(S)ccc1Cl. The van der Waals surface area contributed by atoms with Crippen molar-refractivity contribution in [3.05, 3.63) is 58.6 Å². The molecule has 0 bridgehead atoms. The van der Waals surface area contributed by atoms with Gasteiger partial charge in [0.15, 0.2) is 0 Å². The lowest BCUT2D eigenvalue weighted by Gasteiger charge is -2.10. The molecule has 0 unspecified atom stereocenters. The Morgan fingerprint density at radius 3 is 2.74 bits per heavy atom. The quantitative estimate of drug-likeness (QED) is 0.804. The summed E-state index contributed by atoms with van der Waals surface area (Å²) in [6.45, 7) is 2.05. The molecule has 2 aromatic carbocycles. The van der Waals surface area contributed by atoms with Crippen LogP contribution in [-0.4, -0.2) is 5.91 Å². The van der Waals surface area contributed by atoms with Crippen LogP contribution in [0.4, 0.5) is 5.69 Å². The van der Waals surface area contributed by atoms with Gasteiger partial charge in [-0.3, -0.25) is 4.79 Å². The predicted octanol–water partition coefficient (Wildman–Crippen LogP) is 4.44. The van der Waals surface area contributed by atoms with Crippen molar-refractivity contribution >= 4 is 35.8 Å². The number of thiol groups is 1. The van der Waals surface area contributed by atoms with Gasteiger partial charge in [-0.2, -0.15) is 0 Å². The van der Waals surface area contributed by atoms with Crippen LogP contribution in [0.15, 0.2) is 47.4 Å². The number of anilines is 1. The van der Waals surface area contributed by atoms with Crippen LogP contribution >= 0.6 is 24.2 Å². The molecule has 2 rings (SSSR count). The molecular formula is C15H14ClNOS. The van der Waals surface area contributed by atoms with Crippen LogP contribution < -0.4 is 5.32 Å². The van der Waals surface area contributed by atoms with E-state index >= 15 is 0 Å². The molecule has 98 valence electrons. The van der Waals surface area contributed by atoms with E-state index < -0.39 is 0 Å². The van der Waals surface area contributed by atoms with Crippen molar-refractivity contribution in [3.63, 3.8) is 0 Å². The molecule has 0 heterocycles. The molecule has 0 saturated carbocycles. The summed E-state index contributed by atoms with van der Waals surface area (Å²) in [6.07, 6.45) is 0.858. The van der Waals surface area contributed by atoms with Crippen molar-refractivity contribution in [2.45, 2.75) is 18.2 Å². The number of nitrogens with one attached hydrogen (secondary N) is 1. The zero-order valence-corrected chi connectivity index (χ0v) is 12.1. The predicted molar refractivity (Wildman–Crippen MR) is 82.5 cm³/mol. The smallest absolute Gasteiger partial charge is 0.257 e. The topological polar surface area (TPSA) is 29.1 Å². The van der Waals surface area contributed by atoms with Crippen LogP contribution in [0.5, 0.6) is 0 Å². The van der Waals surface area contributed by atoms with E-state index in [1.54, 1.807) is 18.2 Å². The van der Waals surface area contributed by atoms with Crippen molar-refractivity contribution in [2.24, 2.45) is 0 Å². The Morgan fingerprint density at radius 1 is 1.26 bits per heavy atom. The number of amides is 1. The Hall–Kier alpha value is -1.45. The minimum absolute atomic E-state index is 0.221. The van der Waals surface area contributed by atoms with Gasteiger partial charge in [0, 0.05) is 10.6 Å². The minimum atomic E-state index is -0.221. The molecule has 0 radical (unpaired) electrons. The first-order valence-corrected chi connectivity index (χ1v) is 6.82. The van der Waals surface area contributed by atoms with Gasteiger partial charge in [0.2, 0.25) is 0 Å². The lowest BCUT2D eigenvalue weighted by molar-refractivity contribution is 0.102. The molecule has 2 aromatic rings. The van der Waals surface area contributed by atoms with Gasteiger partial charge in [-0.1, -0.05) is 36.7 Å². The summed E-state index contributed by atoms with van der Waals surface area (Å²) in [5.41, 5.74) is 2.34. The molecule has 0 saturated heterocycles. The van der Waals surface area contributed by atoms with E-state index in [1.165, 1.54) is 0 Å². The summed E-state index contributed by atoms with van der Waals surface area (Å²) in [5, 5.41) is 3.31. The van der Waals surface area contributed by atoms with Gasteiger partial charge < -0.3 is 5.32 Å². The Morgan fingerprint density at radius 2 is 2.00 bits per heavy atom. The van der Waals surface area contributed by atoms with E-state index in [9.17, 15) is 4.79 Å². The second-order valence-corrected chi connectivity index (χ2v) is 5.05. The highest BCUT2D eigenvalue weighted by atomic mass is 35.5. The maximum atomic E-state index is 12.2. The van der Waals surface area contributed by atoms with E-state index in [0.717, 1.165) is 17.7 Å². The molecule has 2 nitrogen and oxygen atoms in total.